The molecule has 0 radical (unpaired) electrons. The third kappa shape index (κ3) is 8.09. The maximum Gasteiger partial charge on any atom is 0.325 e. The second kappa shape index (κ2) is 5.60. The fourth-order valence-electron chi connectivity index (χ4n) is 0.602. The summed E-state index contributed by atoms with van der Waals surface area (Å²) in [6, 6.07) is 0. The molecule has 1 unspecified atom stereocenters. The SMILES string of the molecule is NC(CCCP(=O)(O)O)OOO. The maximum absolute atomic E-state index is 10.3. The Morgan fingerprint density at radius 3 is 2.50 bits per heavy atom. The first kappa shape index (κ1) is 12.0. The molecule has 0 aliphatic carbocycles. The van der Waals surface area contributed by atoms with Crippen LogP contribution in [0.2, 0.25) is 0 Å². The van der Waals surface area contributed by atoms with Gasteiger partial charge in [0.2, 0.25) is 0 Å². The fraction of sp³-hybridized carbons (Fsp3) is 1.00. The van der Waals surface area contributed by atoms with Gasteiger partial charge in [0, 0.05) is 6.16 Å². The van der Waals surface area contributed by atoms with Crippen molar-refractivity contribution < 1.29 is 29.5 Å². The minimum atomic E-state index is -3.96. The normalized spacial score (nSPS) is 14.7. The molecule has 0 saturated heterocycles. The Labute approximate surface area is 69.1 Å². The van der Waals surface area contributed by atoms with Gasteiger partial charge in [-0.1, -0.05) is 5.04 Å². The minimum absolute atomic E-state index is 0.200. The van der Waals surface area contributed by atoms with Gasteiger partial charge >= 0.3 is 7.60 Å². The average Bonchev–Trinajstić information content (AvgIpc) is 1.84. The molecule has 0 heterocycles. The molecule has 0 aromatic heterocycles. The van der Waals surface area contributed by atoms with E-state index in [1.807, 2.05) is 0 Å². The van der Waals surface area contributed by atoms with Crippen molar-refractivity contribution in [2.24, 2.45) is 5.73 Å². The molecule has 0 aromatic rings. The lowest BCUT2D eigenvalue weighted by Crippen LogP contribution is -2.23. The highest BCUT2D eigenvalue weighted by molar-refractivity contribution is 7.51. The van der Waals surface area contributed by atoms with Crippen LogP contribution in [-0.2, 0) is 14.5 Å². The fourth-order valence-corrected chi connectivity index (χ4v) is 1.20. The Kier molecular flexibility index (Phi) is 5.60. The highest BCUT2D eigenvalue weighted by Crippen LogP contribution is 2.35. The van der Waals surface area contributed by atoms with Crippen LogP contribution in [0.5, 0.6) is 0 Å². The minimum Gasteiger partial charge on any atom is -0.324 e. The van der Waals surface area contributed by atoms with Crippen molar-refractivity contribution in [3.05, 3.63) is 0 Å². The van der Waals surface area contributed by atoms with Crippen molar-refractivity contribution in [3.63, 3.8) is 0 Å². The van der Waals surface area contributed by atoms with Gasteiger partial charge in [-0.2, -0.15) is 4.89 Å². The van der Waals surface area contributed by atoms with Crippen molar-refractivity contribution in [1.82, 2.24) is 0 Å². The summed E-state index contributed by atoms with van der Waals surface area (Å²) < 4.78 is 10.3. The molecule has 0 aliphatic rings. The molecule has 0 aromatic carbocycles. The van der Waals surface area contributed by atoms with E-state index in [0.717, 1.165) is 0 Å². The molecule has 0 saturated carbocycles. The van der Waals surface area contributed by atoms with E-state index >= 15 is 0 Å². The molecule has 1 atom stereocenters. The quantitative estimate of drug-likeness (QED) is 0.200. The zero-order chi connectivity index (χ0) is 9.61. The maximum atomic E-state index is 10.3. The molecular weight excluding hydrogens is 189 g/mol. The van der Waals surface area contributed by atoms with E-state index in [-0.39, 0.29) is 19.0 Å². The zero-order valence-corrected chi connectivity index (χ0v) is 7.18. The van der Waals surface area contributed by atoms with E-state index in [2.05, 4.69) is 9.93 Å². The molecule has 0 amide bonds. The molecule has 0 aliphatic heterocycles. The van der Waals surface area contributed by atoms with Gasteiger partial charge in [-0.15, -0.1) is 0 Å². The predicted octanol–water partition coefficient (Wildman–Crippen LogP) is -0.350. The van der Waals surface area contributed by atoms with E-state index in [4.69, 9.17) is 20.8 Å². The number of rotatable bonds is 6. The Balaban J connectivity index is 3.37. The first-order chi connectivity index (χ1) is 5.45. The van der Waals surface area contributed by atoms with Gasteiger partial charge in [-0.05, 0) is 12.8 Å². The van der Waals surface area contributed by atoms with Gasteiger partial charge in [-0.3, -0.25) is 4.57 Å². The molecule has 0 spiro atoms. The van der Waals surface area contributed by atoms with Crippen molar-refractivity contribution in [3.8, 4) is 0 Å². The standard InChI is InChI=1S/C4H12NO6P/c5-4(10-11-6)2-1-3-12(7,8)9/h4,6H,1-3,5H2,(H2,7,8,9). The van der Waals surface area contributed by atoms with Crippen LogP contribution in [0.3, 0.4) is 0 Å². The summed E-state index contributed by atoms with van der Waals surface area (Å²) in [5.41, 5.74) is 5.15. The van der Waals surface area contributed by atoms with Crippen molar-refractivity contribution in [2.45, 2.75) is 19.1 Å². The van der Waals surface area contributed by atoms with Crippen LogP contribution < -0.4 is 5.73 Å². The van der Waals surface area contributed by atoms with E-state index in [1.54, 1.807) is 0 Å². The van der Waals surface area contributed by atoms with Crippen LogP contribution >= 0.6 is 7.60 Å². The molecule has 7 nitrogen and oxygen atoms in total. The van der Waals surface area contributed by atoms with Gasteiger partial charge in [0.15, 0.2) is 0 Å². The van der Waals surface area contributed by atoms with Crippen molar-refractivity contribution in [2.75, 3.05) is 6.16 Å². The predicted molar refractivity (Wildman–Crippen MR) is 38.9 cm³/mol. The lowest BCUT2D eigenvalue weighted by Gasteiger charge is -2.08. The van der Waals surface area contributed by atoms with Crippen LogP contribution in [0, 0.1) is 0 Å². The lowest BCUT2D eigenvalue weighted by atomic mass is 10.3. The van der Waals surface area contributed by atoms with Gasteiger partial charge in [0.25, 0.3) is 0 Å². The smallest absolute Gasteiger partial charge is 0.324 e. The molecule has 0 rings (SSSR count). The summed E-state index contributed by atoms with van der Waals surface area (Å²) in [5.74, 6) is 0. The van der Waals surface area contributed by atoms with E-state index in [1.165, 1.54) is 0 Å². The number of hydrogen-bond donors (Lipinski definition) is 4. The summed E-state index contributed by atoms with van der Waals surface area (Å²) in [6.07, 6.45) is -0.725. The lowest BCUT2D eigenvalue weighted by molar-refractivity contribution is -0.506. The van der Waals surface area contributed by atoms with E-state index < -0.39 is 13.8 Å². The summed E-state index contributed by atoms with van der Waals surface area (Å²) in [7, 11) is -3.96. The van der Waals surface area contributed by atoms with E-state index in [9.17, 15) is 4.57 Å². The van der Waals surface area contributed by atoms with Crippen molar-refractivity contribution in [1.29, 1.82) is 0 Å². The summed E-state index contributed by atoms with van der Waals surface area (Å²) in [5, 5.41) is 11.0. The van der Waals surface area contributed by atoms with E-state index in [0.29, 0.717) is 0 Å². The average molecular weight is 201 g/mol. The third-order valence-electron chi connectivity index (χ3n) is 1.10. The van der Waals surface area contributed by atoms with Gasteiger partial charge in [0.1, 0.15) is 6.23 Å². The molecule has 0 fully saturated rings. The highest BCUT2D eigenvalue weighted by Gasteiger charge is 2.13. The van der Waals surface area contributed by atoms with Gasteiger partial charge in [0.05, 0.1) is 0 Å². The summed E-state index contributed by atoms with van der Waals surface area (Å²) in [6.45, 7) is 0. The molecule has 12 heavy (non-hydrogen) atoms. The molecule has 8 heteroatoms. The van der Waals surface area contributed by atoms with Gasteiger partial charge in [-0.25, -0.2) is 5.26 Å². The molecule has 5 N–H and O–H groups in total. The number of hydrogen-bond acceptors (Lipinski definition) is 5. The zero-order valence-electron chi connectivity index (χ0n) is 6.29. The highest BCUT2D eigenvalue weighted by atomic mass is 31.2. The van der Waals surface area contributed by atoms with Crippen LogP contribution in [0.25, 0.3) is 0 Å². The van der Waals surface area contributed by atoms with Crippen LogP contribution in [0.4, 0.5) is 0 Å². The molecule has 74 valence electrons. The Hall–Kier alpha value is -0.0100. The van der Waals surface area contributed by atoms with Crippen LogP contribution in [0.15, 0.2) is 0 Å². The first-order valence-electron chi connectivity index (χ1n) is 3.23. The number of nitrogens with two attached hydrogens (primary N) is 1. The Bertz CT molecular complexity index is 158. The van der Waals surface area contributed by atoms with Crippen molar-refractivity contribution >= 4 is 7.60 Å². The second-order valence-electron chi connectivity index (χ2n) is 2.24. The Morgan fingerprint density at radius 2 is 2.08 bits per heavy atom. The second-order valence-corrected chi connectivity index (χ2v) is 4.02. The monoisotopic (exact) mass is 201 g/mol. The first-order valence-corrected chi connectivity index (χ1v) is 5.02. The topological polar surface area (TPSA) is 122 Å². The van der Waals surface area contributed by atoms with Crippen LogP contribution in [0.1, 0.15) is 12.8 Å². The summed E-state index contributed by atoms with van der Waals surface area (Å²) in [4.78, 5) is 20.9. The summed E-state index contributed by atoms with van der Waals surface area (Å²) >= 11 is 0. The third-order valence-corrected chi connectivity index (χ3v) is 2.00. The van der Waals surface area contributed by atoms with Crippen LogP contribution in [-0.4, -0.2) is 27.4 Å². The van der Waals surface area contributed by atoms with Gasteiger partial charge < -0.3 is 15.5 Å². The molecular formula is C4H12NO6P. The Morgan fingerprint density at radius 1 is 1.50 bits per heavy atom. The molecule has 0 bridgehead atoms. The largest absolute Gasteiger partial charge is 0.325 e.